The molecule has 0 saturated heterocycles. The van der Waals surface area contributed by atoms with Crippen LogP contribution >= 0.6 is 15.2 Å². The maximum Gasteiger partial charge on any atom is 0.139 e. The fourth-order valence-corrected chi connectivity index (χ4v) is 2.43. The minimum atomic E-state index is -5.00. The van der Waals surface area contributed by atoms with E-state index in [1.54, 1.807) is 0 Å². The van der Waals surface area contributed by atoms with Crippen LogP contribution in [0.25, 0.3) is 0 Å². The zero-order valence-corrected chi connectivity index (χ0v) is 6.84. The summed E-state index contributed by atoms with van der Waals surface area (Å²) in [6.07, 6.45) is 0. The molecule has 0 spiro atoms. The second kappa shape index (κ2) is 3.13. The summed E-state index contributed by atoms with van der Waals surface area (Å²) in [5.41, 5.74) is 0. The summed E-state index contributed by atoms with van der Waals surface area (Å²) in [5.74, 6) is -1.46. The summed E-state index contributed by atoms with van der Waals surface area (Å²) in [4.78, 5) is 29.9. The predicted octanol–water partition coefficient (Wildman–Crippen LogP) is -1.94. The Hall–Kier alpha value is 0.300. The Morgan fingerprint density at radius 3 is 1.80 bits per heavy atom. The van der Waals surface area contributed by atoms with Crippen LogP contribution in [0, 0.1) is 0 Å². The number of hydrogen-bond donors (Lipinski definition) is 0. The number of hydrogen-bond acceptors (Lipinski definition) is 6. The van der Waals surface area contributed by atoms with Crippen molar-refractivity contribution in [1.82, 2.24) is 0 Å². The van der Waals surface area contributed by atoms with Crippen molar-refractivity contribution in [3.05, 3.63) is 0 Å². The smallest absolute Gasteiger partial charge is 0.139 e. The van der Waals surface area contributed by atoms with Crippen LogP contribution in [-0.4, -0.2) is 13.0 Å². The fraction of sp³-hybridized carbons (Fsp3) is 1.00. The quantitative estimate of drug-likeness (QED) is 0.474. The molecule has 62 valence electrons. The highest BCUT2D eigenvalue weighted by molar-refractivity contribution is 7.67. The summed E-state index contributed by atoms with van der Waals surface area (Å²) < 4.78 is 23.8. The van der Waals surface area contributed by atoms with Gasteiger partial charge in [0, 0.05) is 13.0 Å². The lowest BCUT2D eigenvalue weighted by Gasteiger charge is -2.35. The molecule has 0 bridgehead atoms. The highest BCUT2D eigenvalue weighted by atomic mass is 31.2. The summed E-state index contributed by atoms with van der Waals surface area (Å²) in [6, 6.07) is 0. The molecule has 0 heterocycles. The van der Waals surface area contributed by atoms with Crippen molar-refractivity contribution in [1.29, 1.82) is 0 Å². The summed E-state index contributed by atoms with van der Waals surface area (Å²) in [6.45, 7) is 0. The SMILES string of the molecule is COP(=O)([O-])CP(=O)([O-])[O-]. The second-order valence-corrected chi connectivity index (χ2v) is 5.49. The van der Waals surface area contributed by atoms with Crippen molar-refractivity contribution in [3.8, 4) is 0 Å². The van der Waals surface area contributed by atoms with E-state index in [4.69, 9.17) is 0 Å². The van der Waals surface area contributed by atoms with Gasteiger partial charge in [-0.15, -0.1) is 0 Å². The summed E-state index contributed by atoms with van der Waals surface area (Å²) >= 11 is 0. The molecule has 1 atom stereocenters. The average molecular weight is 187 g/mol. The molecule has 10 heavy (non-hydrogen) atoms. The van der Waals surface area contributed by atoms with Gasteiger partial charge in [0.1, 0.15) is 7.60 Å². The normalized spacial score (nSPS) is 18.4. The molecular weight excluding hydrogens is 182 g/mol. The maximum atomic E-state index is 10.2. The van der Waals surface area contributed by atoms with Gasteiger partial charge in [0.25, 0.3) is 0 Å². The molecule has 0 N–H and O–H groups in total. The van der Waals surface area contributed by atoms with Crippen LogP contribution in [0.5, 0.6) is 0 Å². The van der Waals surface area contributed by atoms with E-state index in [1.807, 2.05) is 0 Å². The van der Waals surface area contributed by atoms with Gasteiger partial charge in [-0.05, 0) is 0 Å². The van der Waals surface area contributed by atoms with Crippen LogP contribution < -0.4 is 14.7 Å². The Bertz CT molecular complexity index is 192. The molecule has 0 rings (SSSR count). The minimum Gasteiger partial charge on any atom is -0.810 e. The van der Waals surface area contributed by atoms with Gasteiger partial charge in [0.15, 0.2) is 0 Å². The Kier molecular flexibility index (Phi) is 3.23. The van der Waals surface area contributed by atoms with E-state index in [-0.39, 0.29) is 0 Å². The van der Waals surface area contributed by atoms with E-state index in [0.717, 1.165) is 7.11 Å². The fourth-order valence-electron chi connectivity index (χ4n) is 0.270. The van der Waals surface area contributed by atoms with Crippen LogP contribution in [0.15, 0.2) is 0 Å². The summed E-state index contributed by atoms with van der Waals surface area (Å²) in [7, 11) is -8.64. The first-order valence-electron chi connectivity index (χ1n) is 2.14. The zero-order chi connectivity index (χ0) is 8.41. The third kappa shape index (κ3) is 5.11. The Balaban J connectivity index is 4.17. The monoisotopic (exact) mass is 187 g/mol. The van der Waals surface area contributed by atoms with E-state index in [9.17, 15) is 23.8 Å². The third-order valence-corrected chi connectivity index (χ3v) is 3.95. The van der Waals surface area contributed by atoms with Gasteiger partial charge in [-0.2, -0.15) is 0 Å². The van der Waals surface area contributed by atoms with Crippen molar-refractivity contribution in [2.45, 2.75) is 0 Å². The standard InChI is InChI=1S/C2H8O6P2/c1-8-10(6,7)2-9(3,4)5/h2H2,1H3,(H,6,7)(H2,3,4,5)/p-3. The lowest BCUT2D eigenvalue weighted by molar-refractivity contribution is -0.313. The average Bonchev–Trinajstić information content (AvgIpc) is 1.60. The second-order valence-electron chi connectivity index (χ2n) is 1.55. The lowest BCUT2D eigenvalue weighted by atomic mass is 11.8. The van der Waals surface area contributed by atoms with Gasteiger partial charge in [0.2, 0.25) is 0 Å². The first-order chi connectivity index (χ1) is 4.27. The molecule has 0 saturated carbocycles. The minimum absolute atomic E-state index is 0.795. The lowest BCUT2D eigenvalue weighted by Crippen LogP contribution is -2.20. The molecule has 0 amide bonds. The molecule has 0 aliphatic rings. The number of rotatable bonds is 3. The van der Waals surface area contributed by atoms with E-state index in [2.05, 4.69) is 4.52 Å². The molecule has 0 fully saturated rings. The van der Waals surface area contributed by atoms with Crippen LogP contribution in [0.1, 0.15) is 0 Å². The first kappa shape index (κ1) is 10.3. The largest absolute Gasteiger partial charge is 0.810 e. The maximum absolute atomic E-state index is 10.2. The van der Waals surface area contributed by atoms with Gasteiger partial charge in [-0.1, -0.05) is 7.60 Å². The van der Waals surface area contributed by atoms with Crippen molar-refractivity contribution in [2.24, 2.45) is 0 Å². The van der Waals surface area contributed by atoms with Crippen molar-refractivity contribution >= 4 is 15.2 Å². The topological polar surface area (TPSA) is 113 Å². The molecule has 0 aromatic carbocycles. The van der Waals surface area contributed by atoms with Crippen molar-refractivity contribution in [2.75, 3.05) is 13.0 Å². The molecule has 0 aliphatic heterocycles. The molecule has 8 heteroatoms. The van der Waals surface area contributed by atoms with Crippen LogP contribution in [0.2, 0.25) is 0 Å². The Morgan fingerprint density at radius 2 is 1.70 bits per heavy atom. The van der Waals surface area contributed by atoms with Gasteiger partial charge in [0.05, 0.1) is 0 Å². The molecule has 0 aromatic rings. The van der Waals surface area contributed by atoms with Crippen LogP contribution in [0.4, 0.5) is 0 Å². The Morgan fingerprint density at radius 1 is 1.30 bits per heavy atom. The molecule has 1 unspecified atom stereocenters. The van der Waals surface area contributed by atoms with Gasteiger partial charge < -0.3 is 28.3 Å². The molecule has 0 aliphatic carbocycles. The molecule has 0 aromatic heterocycles. The predicted molar refractivity (Wildman–Crippen MR) is 27.1 cm³/mol. The highest BCUT2D eigenvalue weighted by Gasteiger charge is 2.07. The van der Waals surface area contributed by atoms with Gasteiger partial charge in [-0.3, -0.25) is 0 Å². The van der Waals surface area contributed by atoms with Gasteiger partial charge >= 0.3 is 0 Å². The van der Waals surface area contributed by atoms with Gasteiger partial charge in [-0.25, -0.2) is 0 Å². The van der Waals surface area contributed by atoms with Crippen molar-refractivity contribution in [3.63, 3.8) is 0 Å². The summed E-state index contributed by atoms with van der Waals surface area (Å²) in [5, 5.41) is 0. The zero-order valence-electron chi connectivity index (χ0n) is 5.05. The van der Waals surface area contributed by atoms with E-state index in [1.165, 1.54) is 0 Å². The molecular formula is C2H5O6P2-3. The Labute approximate surface area is 57.5 Å². The van der Waals surface area contributed by atoms with Crippen molar-refractivity contribution < 1.29 is 28.3 Å². The van der Waals surface area contributed by atoms with Crippen LogP contribution in [-0.2, 0) is 13.7 Å². The third-order valence-electron chi connectivity index (χ3n) is 0.625. The van der Waals surface area contributed by atoms with Crippen LogP contribution in [0.3, 0.4) is 0 Å². The molecule has 6 nitrogen and oxygen atoms in total. The van der Waals surface area contributed by atoms with E-state index in [0.29, 0.717) is 0 Å². The first-order valence-corrected chi connectivity index (χ1v) is 5.59. The van der Waals surface area contributed by atoms with E-state index < -0.39 is 21.1 Å². The van der Waals surface area contributed by atoms with E-state index >= 15 is 0 Å². The molecule has 0 radical (unpaired) electrons. The highest BCUT2D eigenvalue weighted by Crippen LogP contribution is 2.46.